The topological polar surface area (TPSA) is 0 Å². The van der Waals surface area contributed by atoms with Gasteiger partial charge in [0, 0.05) is 20.3 Å². The van der Waals surface area contributed by atoms with E-state index in [1.807, 2.05) is 0 Å². The molecule has 0 fully saturated rings. The molecule has 6 heteroatoms. The van der Waals surface area contributed by atoms with E-state index < -0.39 is 4.87 Å². The highest BCUT2D eigenvalue weighted by molar-refractivity contribution is 9.12. The van der Waals surface area contributed by atoms with E-state index in [9.17, 15) is 0 Å². The molecule has 0 aliphatic heterocycles. The summed E-state index contributed by atoms with van der Waals surface area (Å²) in [5.74, 6) is 0. The molecule has 0 bridgehead atoms. The van der Waals surface area contributed by atoms with Crippen LogP contribution in [0.15, 0.2) is 0 Å². The van der Waals surface area contributed by atoms with Gasteiger partial charge in [0.15, 0.2) is 0 Å². The maximum Gasteiger partial charge on any atom is 0.0631 e. The van der Waals surface area contributed by atoms with Gasteiger partial charge in [-0.1, -0.05) is 63.7 Å². The molecule has 91 valence electrons. The fourth-order valence-electron chi connectivity index (χ4n) is 1.18. The summed E-state index contributed by atoms with van der Waals surface area (Å²) < 4.78 is 0. The Morgan fingerprint density at radius 3 is 1.60 bits per heavy atom. The molecule has 3 unspecified atom stereocenters. The Labute approximate surface area is 136 Å². The van der Waals surface area contributed by atoms with Crippen LogP contribution >= 0.6 is 86.9 Å². The van der Waals surface area contributed by atoms with Crippen molar-refractivity contribution in [2.45, 2.75) is 32.7 Å². The predicted octanol–water partition coefficient (Wildman–Crippen LogP) is 5.50. The highest BCUT2D eigenvalue weighted by Gasteiger charge is 2.36. The zero-order chi connectivity index (χ0) is 12.1. The Bertz CT molecular complexity index is 165. The SMILES string of the molecule is [CH2]C(Cl)C(Cl)(CC(Br)CBr)CC(Br)CBr. The van der Waals surface area contributed by atoms with Crippen molar-refractivity contribution in [2.24, 2.45) is 0 Å². The van der Waals surface area contributed by atoms with Crippen LogP contribution in [0.1, 0.15) is 12.8 Å². The predicted molar refractivity (Wildman–Crippen MR) is 85.8 cm³/mol. The van der Waals surface area contributed by atoms with Gasteiger partial charge in [0.1, 0.15) is 0 Å². The van der Waals surface area contributed by atoms with Crippen molar-refractivity contribution in [1.29, 1.82) is 0 Å². The van der Waals surface area contributed by atoms with Crippen molar-refractivity contribution >= 4 is 86.9 Å². The number of alkyl halides is 6. The van der Waals surface area contributed by atoms with Gasteiger partial charge in [0.25, 0.3) is 0 Å². The smallest absolute Gasteiger partial charge is 0.0631 e. The van der Waals surface area contributed by atoms with Gasteiger partial charge in [-0.3, -0.25) is 0 Å². The van der Waals surface area contributed by atoms with Crippen molar-refractivity contribution in [1.82, 2.24) is 0 Å². The Morgan fingerprint density at radius 1 is 1.07 bits per heavy atom. The molecule has 0 aliphatic rings. The normalized spacial score (nSPS) is 21.8. The third kappa shape index (κ3) is 6.85. The summed E-state index contributed by atoms with van der Waals surface area (Å²) in [5, 5.41) is 1.40. The molecule has 0 heterocycles. The third-order valence-electron chi connectivity index (χ3n) is 2.02. The number of halogens is 6. The van der Waals surface area contributed by atoms with Crippen molar-refractivity contribution in [3.05, 3.63) is 6.92 Å². The van der Waals surface area contributed by atoms with Crippen LogP contribution in [0.3, 0.4) is 0 Å². The summed E-state index contributed by atoms with van der Waals surface area (Å²) in [7, 11) is 0. The van der Waals surface area contributed by atoms with Crippen LogP contribution < -0.4 is 0 Å². The van der Waals surface area contributed by atoms with E-state index >= 15 is 0 Å². The molecule has 0 spiro atoms. The summed E-state index contributed by atoms with van der Waals surface area (Å²) in [6.45, 7) is 3.85. The van der Waals surface area contributed by atoms with Crippen LogP contribution in [0.25, 0.3) is 0 Å². The lowest BCUT2D eigenvalue weighted by atomic mass is 9.94. The van der Waals surface area contributed by atoms with Crippen LogP contribution in [0.5, 0.6) is 0 Å². The maximum atomic E-state index is 6.53. The highest BCUT2D eigenvalue weighted by atomic mass is 79.9. The first-order valence-corrected chi connectivity index (χ1v) is 9.30. The average Bonchev–Trinajstić information content (AvgIpc) is 2.16. The second kappa shape index (κ2) is 8.58. The average molecular weight is 512 g/mol. The number of hydrogen-bond acceptors (Lipinski definition) is 0. The summed E-state index contributed by atoms with van der Waals surface area (Å²) in [6, 6.07) is 0. The second-order valence-electron chi connectivity index (χ2n) is 3.41. The molecule has 0 saturated carbocycles. The molecule has 1 radical (unpaired) electrons. The van der Waals surface area contributed by atoms with E-state index in [1.54, 1.807) is 0 Å². The Hall–Kier alpha value is 2.50. The van der Waals surface area contributed by atoms with Gasteiger partial charge in [-0.15, -0.1) is 23.2 Å². The van der Waals surface area contributed by atoms with Crippen LogP contribution in [0.2, 0.25) is 0 Å². The lowest BCUT2D eigenvalue weighted by Gasteiger charge is -2.32. The molecule has 3 atom stereocenters. The van der Waals surface area contributed by atoms with Crippen molar-refractivity contribution in [2.75, 3.05) is 10.7 Å². The fraction of sp³-hybridized carbons (Fsp3) is 0.889. The summed E-state index contributed by atoms with van der Waals surface area (Å²) in [5.41, 5.74) is 0. The first kappa shape index (κ1) is 17.5. The molecule has 0 N–H and O–H groups in total. The summed E-state index contributed by atoms with van der Waals surface area (Å²) in [6.07, 6.45) is 1.57. The van der Waals surface area contributed by atoms with Gasteiger partial charge in [0.2, 0.25) is 0 Å². The van der Waals surface area contributed by atoms with Crippen molar-refractivity contribution < 1.29 is 0 Å². The minimum Gasteiger partial charge on any atom is -0.121 e. The Balaban J connectivity index is 4.44. The lowest BCUT2D eigenvalue weighted by molar-refractivity contribution is 0.506. The van der Waals surface area contributed by atoms with Crippen LogP contribution in [-0.2, 0) is 0 Å². The van der Waals surface area contributed by atoms with Gasteiger partial charge in [0.05, 0.1) is 10.3 Å². The van der Waals surface area contributed by atoms with Crippen LogP contribution in [-0.4, -0.2) is 30.6 Å². The zero-order valence-electron chi connectivity index (χ0n) is 8.04. The lowest BCUT2D eigenvalue weighted by Crippen LogP contribution is -2.37. The largest absolute Gasteiger partial charge is 0.121 e. The maximum absolute atomic E-state index is 6.53. The van der Waals surface area contributed by atoms with Gasteiger partial charge in [-0.05, 0) is 19.8 Å². The Morgan fingerprint density at radius 2 is 1.40 bits per heavy atom. The molecule has 0 nitrogen and oxygen atoms in total. The number of hydrogen-bond donors (Lipinski definition) is 0. The molecule has 0 aliphatic carbocycles. The molecule has 0 rings (SSSR count). The van der Waals surface area contributed by atoms with Gasteiger partial charge >= 0.3 is 0 Å². The molecule has 15 heavy (non-hydrogen) atoms. The van der Waals surface area contributed by atoms with Gasteiger partial charge in [-0.2, -0.15) is 0 Å². The Kier molecular flexibility index (Phi) is 10.0. The third-order valence-corrected chi connectivity index (χ3v) is 7.72. The summed E-state index contributed by atoms with van der Waals surface area (Å²) in [4.78, 5) is 0.145. The standard InChI is InChI=1S/C9H13Br4Cl2/c1-6(14)9(15,2-7(12)4-10)3-8(13)5-11/h6-8H,1-5H2. The molecule has 0 aromatic carbocycles. The minimum absolute atomic E-state index is 0.308. The molecule has 0 aromatic rings. The minimum atomic E-state index is -0.481. The highest BCUT2D eigenvalue weighted by Crippen LogP contribution is 2.38. The van der Waals surface area contributed by atoms with E-state index in [4.69, 9.17) is 23.2 Å². The van der Waals surface area contributed by atoms with Gasteiger partial charge < -0.3 is 0 Å². The van der Waals surface area contributed by atoms with E-state index in [0.717, 1.165) is 23.5 Å². The molecule has 0 saturated heterocycles. The van der Waals surface area contributed by atoms with E-state index in [-0.39, 0.29) is 5.38 Å². The molecule has 0 aromatic heterocycles. The number of rotatable bonds is 7. The first-order chi connectivity index (χ1) is 6.85. The molecular weight excluding hydrogens is 499 g/mol. The van der Waals surface area contributed by atoms with E-state index in [2.05, 4.69) is 70.6 Å². The van der Waals surface area contributed by atoms with E-state index in [1.165, 1.54) is 0 Å². The molecule has 0 amide bonds. The van der Waals surface area contributed by atoms with Crippen LogP contribution in [0.4, 0.5) is 0 Å². The quantitative estimate of drug-likeness (QED) is 0.396. The van der Waals surface area contributed by atoms with Crippen molar-refractivity contribution in [3.8, 4) is 0 Å². The first-order valence-electron chi connectivity index (χ1n) is 4.42. The fourth-order valence-corrected chi connectivity index (χ4v) is 3.72. The summed E-state index contributed by atoms with van der Waals surface area (Å²) >= 11 is 26.5. The van der Waals surface area contributed by atoms with E-state index in [0.29, 0.717) is 9.65 Å². The van der Waals surface area contributed by atoms with Crippen molar-refractivity contribution in [3.63, 3.8) is 0 Å². The van der Waals surface area contributed by atoms with Crippen LogP contribution in [0, 0.1) is 6.92 Å². The zero-order valence-corrected chi connectivity index (χ0v) is 15.9. The molecular formula is C9H13Br4Cl2. The monoisotopic (exact) mass is 507 g/mol. The second-order valence-corrected chi connectivity index (χ2v) is 8.58. The van der Waals surface area contributed by atoms with Gasteiger partial charge in [-0.25, -0.2) is 0 Å².